The lowest BCUT2D eigenvalue weighted by atomic mass is 10.1. The lowest BCUT2D eigenvalue weighted by Crippen LogP contribution is -2.45. The van der Waals surface area contributed by atoms with Crippen molar-refractivity contribution in [3.63, 3.8) is 0 Å². The molecule has 0 unspecified atom stereocenters. The van der Waals surface area contributed by atoms with Crippen molar-refractivity contribution >= 4 is 27.2 Å². The molecule has 3 nitrogen and oxygen atoms in total. The number of piperazine rings is 1. The van der Waals surface area contributed by atoms with E-state index in [-0.39, 0.29) is 0 Å². The van der Waals surface area contributed by atoms with Crippen LogP contribution in [0, 0.1) is 19.9 Å². The number of fused-ring (bicyclic) bond motifs is 1. The highest BCUT2D eigenvalue weighted by Gasteiger charge is 2.18. The maximum atomic E-state index is 4.31. The zero-order valence-corrected chi connectivity index (χ0v) is 15.1. The lowest BCUT2D eigenvalue weighted by Gasteiger charge is -2.36. The SMILES string of the molecule is Cc1ccc(CN2CCN(c3c[c]c4ncsc4c3)CC2)cc1C. The van der Waals surface area contributed by atoms with E-state index >= 15 is 0 Å². The number of hydrogen-bond donors (Lipinski definition) is 0. The van der Waals surface area contributed by atoms with Crippen molar-refractivity contribution in [3.8, 4) is 0 Å². The second-order valence-corrected chi connectivity index (χ2v) is 7.49. The molecule has 0 spiro atoms. The van der Waals surface area contributed by atoms with Crippen LogP contribution in [0.5, 0.6) is 0 Å². The van der Waals surface area contributed by atoms with Crippen LogP contribution >= 0.6 is 11.3 Å². The van der Waals surface area contributed by atoms with Gasteiger partial charge in [0.2, 0.25) is 0 Å². The van der Waals surface area contributed by atoms with E-state index < -0.39 is 0 Å². The van der Waals surface area contributed by atoms with Crippen LogP contribution < -0.4 is 4.90 Å². The van der Waals surface area contributed by atoms with Gasteiger partial charge >= 0.3 is 0 Å². The summed E-state index contributed by atoms with van der Waals surface area (Å²) in [4.78, 5) is 9.33. The Bertz CT molecular complexity index is 847. The molecule has 0 atom stereocenters. The van der Waals surface area contributed by atoms with Gasteiger partial charge in [0, 0.05) is 44.5 Å². The topological polar surface area (TPSA) is 19.4 Å². The Balaban J connectivity index is 1.39. The molecule has 4 heteroatoms. The molecule has 0 N–H and O–H groups in total. The van der Waals surface area contributed by atoms with E-state index in [1.54, 1.807) is 11.3 Å². The Morgan fingerprint density at radius 3 is 2.71 bits per heavy atom. The average Bonchev–Trinajstić information content (AvgIpc) is 3.06. The summed E-state index contributed by atoms with van der Waals surface area (Å²) in [6.45, 7) is 9.78. The van der Waals surface area contributed by atoms with Crippen LogP contribution in [0.2, 0.25) is 0 Å². The van der Waals surface area contributed by atoms with E-state index in [9.17, 15) is 0 Å². The van der Waals surface area contributed by atoms with Crippen molar-refractivity contribution < 1.29 is 0 Å². The minimum Gasteiger partial charge on any atom is -0.369 e. The van der Waals surface area contributed by atoms with Crippen molar-refractivity contribution in [2.45, 2.75) is 20.4 Å². The molecular weight excluding hydrogens is 314 g/mol. The van der Waals surface area contributed by atoms with E-state index in [0.717, 1.165) is 38.2 Å². The average molecular weight is 336 g/mol. The first-order valence-electron chi connectivity index (χ1n) is 8.47. The van der Waals surface area contributed by atoms with Gasteiger partial charge in [-0.2, -0.15) is 0 Å². The molecule has 123 valence electrons. The van der Waals surface area contributed by atoms with Crippen LogP contribution in [0.4, 0.5) is 5.69 Å². The fraction of sp³-hybridized carbons (Fsp3) is 0.350. The Hall–Kier alpha value is -1.91. The minimum absolute atomic E-state index is 0.983. The zero-order valence-electron chi connectivity index (χ0n) is 14.2. The third-order valence-corrected chi connectivity index (χ3v) is 5.72. The molecule has 1 aromatic heterocycles. The maximum Gasteiger partial charge on any atom is 0.0892 e. The summed E-state index contributed by atoms with van der Waals surface area (Å²) in [6, 6.07) is 14.5. The number of hydrogen-bond acceptors (Lipinski definition) is 4. The summed E-state index contributed by atoms with van der Waals surface area (Å²) in [5.74, 6) is 0. The normalized spacial score (nSPS) is 16.0. The summed E-state index contributed by atoms with van der Waals surface area (Å²) in [5.41, 5.74) is 8.34. The molecule has 1 fully saturated rings. The lowest BCUT2D eigenvalue weighted by molar-refractivity contribution is 0.250. The highest BCUT2D eigenvalue weighted by Crippen LogP contribution is 2.25. The first-order chi connectivity index (χ1) is 11.7. The third kappa shape index (κ3) is 3.17. The smallest absolute Gasteiger partial charge is 0.0892 e. The Labute approximate surface area is 147 Å². The second kappa shape index (κ2) is 6.54. The predicted molar refractivity (Wildman–Crippen MR) is 102 cm³/mol. The molecule has 0 amide bonds. The number of thiazole rings is 1. The molecule has 3 aromatic rings. The highest BCUT2D eigenvalue weighted by atomic mass is 32.1. The Morgan fingerprint density at radius 2 is 1.92 bits per heavy atom. The predicted octanol–water partition coefficient (Wildman–Crippen LogP) is 4.04. The molecule has 2 heterocycles. The monoisotopic (exact) mass is 336 g/mol. The molecule has 0 bridgehead atoms. The third-order valence-electron chi connectivity index (χ3n) is 4.95. The summed E-state index contributed by atoms with van der Waals surface area (Å²) in [7, 11) is 0. The van der Waals surface area contributed by atoms with E-state index in [1.165, 1.54) is 27.1 Å². The van der Waals surface area contributed by atoms with Gasteiger partial charge < -0.3 is 4.90 Å². The van der Waals surface area contributed by atoms with Gasteiger partial charge in [-0.1, -0.05) is 18.2 Å². The number of aryl methyl sites for hydroxylation is 2. The molecule has 4 rings (SSSR count). The van der Waals surface area contributed by atoms with Crippen LogP contribution in [0.1, 0.15) is 16.7 Å². The van der Waals surface area contributed by atoms with Crippen molar-refractivity contribution in [1.82, 2.24) is 9.88 Å². The summed E-state index contributed by atoms with van der Waals surface area (Å²) in [5, 5.41) is 0. The fourth-order valence-corrected chi connectivity index (χ4v) is 3.97. The standard InChI is InChI=1S/C20H22N3S/c1-15-3-4-17(11-16(15)2)13-22-7-9-23(10-8-22)18-5-6-19-20(12-18)24-14-21-19/h3-5,11-12,14H,7-10,13H2,1-2H3. The van der Waals surface area contributed by atoms with Crippen molar-refractivity contribution in [2.24, 2.45) is 0 Å². The summed E-state index contributed by atoms with van der Waals surface area (Å²) in [6.07, 6.45) is 0. The van der Waals surface area contributed by atoms with Gasteiger partial charge in [-0.15, -0.1) is 11.3 Å². The Morgan fingerprint density at radius 1 is 1.08 bits per heavy atom. The molecule has 0 aliphatic carbocycles. The van der Waals surface area contributed by atoms with E-state index in [0.29, 0.717) is 0 Å². The molecule has 1 saturated heterocycles. The molecular formula is C20H22N3S. The fourth-order valence-electron chi connectivity index (χ4n) is 3.29. The quantitative estimate of drug-likeness (QED) is 0.720. The molecule has 2 aromatic carbocycles. The van der Waals surface area contributed by atoms with Crippen LogP contribution in [-0.4, -0.2) is 36.1 Å². The van der Waals surface area contributed by atoms with Gasteiger partial charge in [-0.05, 0) is 42.7 Å². The molecule has 1 radical (unpaired) electrons. The first kappa shape index (κ1) is 15.6. The number of aromatic nitrogens is 1. The van der Waals surface area contributed by atoms with E-state index in [1.807, 2.05) is 5.51 Å². The minimum atomic E-state index is 0.983. The van der Waals surface area contributed by atoms with Crippen LogP contribution in [-0.2, 0) is 6.54 Å². The van der Waals surface area contributed by atoms with E-state index in [2.05, 4.69) is 65.0 Å². The van der Waals surface area contributed by atoms with Gasteiger partial charge in [-0.25, -0.2) is 4.98 Å². The summed E-state index contributed by atoms with van der Waals surface area (Å²) >= 11 is 1.69. The van der Waals surface area contributed by atoms with Crippen LogP contribution in [0.25, 0.3) is 10.2 Å². The van der Waals surface area contributed by atoms with Crippen molar-refractivity contribution in [2.75, 3.05) is 31.1 Å². The van der Waals surface area contributed by atoms with Crippen LogP contribution in [0.3, 0.4) is 0 Å². The largest absolute Gasteiger partial charge is 0.369 e. The van der Waals surface area contributed by atoms with Gasteiger partial charge in [0.25, 0.3) is 0 Å². The van der Waals surface area contributed by atoms with E-state index in [4.69, 9.17) is 0 Å². The molecule has 1 aliphatic rings. The molecule has 0 saturated carbocycles. The second-order valence-electron chi connectivity index (χ2n) is 6.60. The first-order valence-corrected chi connectivity index (χ1v) is 9.35. The van der Waals surface area contributed by atoms with Gasteiger partial charge in [-0.3, -0.25) is 4.90 Å². The number of benzene rings is 2. The maximum absolute atomic E-state index is 4.31. The Kier molecular flexibility index (Phi) is 4.25. The summed E-state index contributed by atoms with van der Waals surface area (Å²) < 4.78 is 1.23. The molecule has 1 aliphatic heterocycles. The van der Waals surface area contributed by atoms with Crippen molar-refractivity contribution in [1.29, 1.82) is 0 Å². The van der Waals surface area contributed by atoms with Gasteiger partial charge in [0.05, 0.1) is 15.7 Å². The van der Waals surface area contributed by atoms with Gasteiger partial charge in [0.1, 0.15) is 0 Å². The number of rotatable bonds is 3. The highest BCUT2D eigenvalue weighted by molar-refractivity contribution is 7.16. The van der Waals surface area contributed by atoms with Crippen molar-refractivity contribution in [3.05, 3.63) is 58.6 Å². The van der Waals surface area contributed by atoms with Gasteiger partial charge in [0.15, 0.2) is 0 Å². The molecule has 24 heavy (non-hydrogen) atoms. The zero-order chi connectivity index (χ0) is 16.5. The van der Waals surface area contributed by atoms with Crippen LogP contribution in [0.15, 0.2) is 35.8 Å². The number of anilines is 1. The number of nitrogens with zero attached hydrogens (tertiary/aromatic N) is 3.